The topological polar surface area (TPSA) is 54.0 Å². The minimum absolute atomic E-state index is 0.350. The van der Waals surface area contributed by atoms with Crippen LogP contribution in [0.2, 0.25) is 0 Å². The third kappa shape index (κ3) is 4.47. The van der Waals surface area contributed by atoms with Crippen molar-refractivity contribution in [2.24, 2.45) is 0 Å². The summed E-state index contributed by atoms with van der Waals surface area (Å²) in [7, 11) is 4.58. The molecule has 2 aromatic carbocycles. The van der Waals surface area contributed by atoms with Gasteiger partial charge in [0.2, 0.25) is 0 Å². The number of hydrogen-bond donors (Lipinski definition) is 0. The fourth-order valence-corrected chi connectivity index (χ4v) is 2.12. The minimum atomic E-state index is -0.385. The molecule has 0 amide bonds. The number of benzene rings is 2. The van der Waals surface area contributed by atoms with Crippen LogP contribution in [0.4, 0.5) is 0 Å². The Morgan fingerprint density at radius 1 is 0.957 bits per heavy atom. The number of rotatable bonds is 7. The molecule has 0 aliphatic carbocycles. The zero-order valence-electron chi connectivity index (χ0n) is 13.5. The first-order chi connectivity index (χ1) is 11.2. The van der Waals surface area contributed by atoms with Crippen LogP contribution in [0.15, 0.2) is 42.5 Å². The van der Waals surface area contributed by atoms with E-state index in [2.05, 4.69) is 0 Å². The number of carbonyl (C=O) groups excluding carboxylic acids is 1. The maximum atomic E-state index is 11.6. The predicted molar refractivity (Wildman–Crippen MR) is 85.8 cm³/mol. The van der Waals surface area contributed by atoms with Crippen molar-refractivity contribution >= 4 is 5.97 Å². The molecule has 0 saturated carbocycles. The molecular formula is C18H20O5. The molecular weight excluding hydrogens is 296 g/mol. The van der Waals surface area contributed by atoms with Crippen molar-refractivity contribution in [1.82, 2.24) is 0 Å². The number of ether oxygens (including phenoxy) is 4. The molecule has 0 spiro atoms. The predicted octanol–water partition coefficient (Wildman–Crippen LogP) is 3.21. The average Bonchev–Trinajstić information content (AvgIpc) is 2.60. The van der Waals surface area contributed by atoms with E-state index in [9.17, 15) is 4.79 Å². The van der Waals surface area contributed by atoms with Gasteiger partial charge in [0.25, 0.3) is 0 Å². The molecule has 0 aromatic heterocycles. The van der Waals surface area contributed by atoms with Crippen molar-refractivity contribution in [3.05, 3.63) is 59.2 Å². The van der Waals surface area contributed by atoms with Crippen molar-refractivity contribution in [1.29, 1.82) is 0 Å². The van der Waals surface area contributed by atoms with Crippen molar-refractivity contribution in [3.63, 3.8) is 0 Å². The maximum Gasteiger partial charge on any atom is 0.337 e. The van der Waals surface area contributed by atoms with Crippen LogP contribution in [0, 0.1) is 0 Å². The molecule has 0 radical (unpaired) electrons. The molecule has 0 saturated heterocycles. The molecule has 0 bridgehead atoms. The first-order valence-corrected chi connectivity index (χ1v) is 7.14. The van der Waals surface area contributed by atoms with Crippen LogP contribution in [0.25, 0.3) is 0 Å². The summed E-state index contributed by atoms with van der Waals surface area (Å²) in [6.45, 7) is 0.765. The Morgan fingerprint density at radius 3 is 2.30 bits per heavy atom. The van der Waals surface area contributed by atoms with E-state index in [-0.39, 0.29) is 5.97 Å². The summed E-state index contributed by atoms with van der Waals surface area (Å²) >= 11 is 0. The SMILES string of the molecule is COCc1cc(C(=O)OC)ccc1OCc1ccc(OC)cc1. The van der Waals surface area contributed by atoms with Gasteiger partial charge in [-0.25, -0.2) is 4.79 Å². The zero-order chi connectivity index (χ0) is 16.7. The van der Waals surface area contributed by atoms with Gasteiger partial charge in [0.1, 0.15) is 18.1 Å². The van der Waals surface area contributed by atoms with E-state index in [0.717, 1.165) is 16.9 Å². The number of esters is 1. The monoisotopic (exact) mass is 316 g/mol. The molecule has 2 aromatic rings. The van der Waals surface area contributed by atoms with Crippen LogP contribution in [0.1, 0.15) is 21.5 Å². The van der Waals surface area contributed by atoms with Gasteiger partial charge in [0, 0.05) is 12.7 Å². The van der Waals surface area contributed by atoms with Gasteiger partial charge in [-0.15, -0.1) is 0 Å². The van der Waals surface area contributed by atoms with Crippen LogP contribution in [-0.4, -0.2) is 27.3 Å². The van der Waals surface area contributed by atoms with Crippen LogP contribution in [-0.2, 0) is 22.7 Å². The third-order valence-corrected chi connectivity index (χ3v) is 3.33. The Kier molecular flexibility index (Phi) is 6.00. The summed E-state index contributed by atoms with van der Waals surface area (Å²) in [5.41, 5.74) is 2.28. The lowest BCUT2D eigenvalue weighted by molar-refractivity contribution is 0.0600. The summed E-state index contributed by atoms with van der Waals surface area (Å²) in [4.78, 5) is 11.6. The van der Waals surface area contributed by atoms with Gasteiger partial charge in [0.15, 0.2) is 0 Å². The van der Waals surface area contributed by atoms with E-state index in [0.29, 0.717) is 24.5 Å². The van der Waals surface area contributed by atoms with Gasteiger partial charge < -0.3 is 18.9 Å². The lowest BCUT2D eigenvalue weighted by Gasteiger charge is -2.12. The van der Waals surface area contributed by atoms with Gasteiger partial charge in [-0.2, -0.15) is 0 Å². The highest BCUT2D eigenvalue weighted by atomic mass is 16.5. The second-order valence-electron chi connectivity index (χ2n) is 4.88. The quantitative estimate of drug-likeness (QED) is 0.734. The summed E-state index contributed by atoms with van der Waals surface area (Å²) in [6.07, 6.45) is 0. The van der Waals surface area contributed by atoms with Crippen LogP contribution in [0.5, 0.6) is 11.5 Å². The molecule has 0 unspecified atom stereocenters. The molecule has 0 aliphatic heterocycles. The maximum absolute atomic E-state index is 11.6. The fraction of sp³-hybridized carbons (Fsp3) is 0.278. The summed E-state index contributed by atoms with van der Waals surface area (Å²) < 4.78 is 20.9. The number of methoxy groups -OCH3 is 3. The minimum Gasteiger partial charge on any atom is -0.497 e. The largest absolute Gasteiger partial charge is 0.497 e. The Morgan fingerprint density at radius 2 is 1.70 bits per heavy atom. The second-order valence-corrected chi connectivity index (χ2v) is 4.88. The smallest absolute Gasteiger partial charge is 0.337 e. The molecule has 23 heavy (non-hydrogen) atoms. The summed E-state index contributed by atoms with van der Waals surface area (Å²) in [5.74, 6) is 1.09. The Bertz CT molecular complexity index is 649. The highest BCUT2D eigenvalue weighted by Gasteiger charge is 2.11. The van der Waals surface area contributed by atoms with Crippen LogP contribution < -0.4 is 9.47 Å². The number of carbonyl (C=O) groups is 1. The van der Waals surface area contributed by atoms with Crippen molar-refractivity contribution in [2.45, 2.75) is 13.2 Å². The van der Waals surface area contributed by atoms with Crippen LogP contribution in [0.3, 0.4) is 0 Å². The summed E-state index contributed by atoms with van der Waals surface area (Å²) in [5, 5.41) is 0. The van der Waals surface area contributed by atoms with E-state index < -0.39 is 0 Å². The van der Waals surface area contributed by atoms with Gasteiger partial charge >= 0.3 is 5.97 Å². The van der Waals surface area contributed by atoms with E-state index in [4.69, 9.17) is 18.9 Å². The van der Waals surface area contributed by atoms with Crippen molar-refractivity contribution in [2.75, 3.05) is 21.3 Å². The third-order valence-electron chi connectivity index (χ3n) is 3.33. The lowest BCUT2D eigenvalue weighted by Crippen LogP contribution is -2.05. The molecule has 0 atom stereocenters. The molecule has 0 N–H and O–H groups in total. The van der Waals surface area contributed by atoms with Gasteiger partial charge in [-0.3, -0.25) is 0 Å². The van der Waals surface area contributed by atoms with E-state index in [1.807, 2.05) is 24.3 Å². The first kappa shape index (κ1) is 16.8. The molecule has 2 rings (SSSR count). The normalized spacial score (nSPS) is 10.2. The Balaban J connectivity index is 2.12. The molecule has 0 aliphatic rings. The molecule has 0 fully saturated rings. The summed E-state index contributed by atoms with van der Waals surface area (Å²) in [6, 6.07) is 12.8. The fourth-order valence-electron chi connectivity index (χ4n) is 2.12. The van der Waals surface area contributed by atoms with Crippen LogP contribution >= 0.6 is 0 Å². The highest BCUT2D eigenvalue weighted by molar-refractivity contribution is 5.89. The second kappa shape index (κ2) is 8.19. The Labute approximate surface area is 135 Å². The zero-order valence-corrected chi connectivity index (χ0v) is 13.5. The molecule has 122 valence electrons. The van der Waals surface area contributed by atoms with Gasteiger partial charge in [-0.05, 0) is 35.9 Å². The van der Waals surface area contributed by atoms with E-state index in [1.165, 1.54) is 7.11 Å². The van der Waals surface area contributed by atoms with Crippen molar-refractivity contribution < 1.29 is 23.7 Å². The standard InChI is InChI=1S/C18H20O5/c1-20-12-15-10-14(18(19)22-3)6-9-17(15)23-11-13-4-7-16(21-2)8-5-13/h4-10H,11-12H2,1-3H3. The highest BCUT2D eigenvalue weighted by Crippen LogP contribution is 2.23. The average molecular weight is 316 g/mol. The first-order valence-electron chi connectivity index (χ1n) is 7.14. The van der Waals surface area contributed by atoms with Crippen molar-refractivity contribution in [3.8, 4) is 11.5 Å². The number of hydrogen-bond acceptors (Lipinski definition) is 5. The molecule has 5 heteroatoms. The van der Waals surface area contributed by atoms with Gasteiger partial charge in [0.05, 0.1) is 26.4 Å². The van der Waals surface area contributed by atoms with E-state index >= 15 is 0 Å². The van der Waals surface area contributed by atoms with Gasteiger partial charge in [-0.1, -0.05) is 12.1 Å². The van der Waals surface area contributed by atoms with E-state index in [1.54, 1.807) is 32.4 Å². The Hall–Kier alpha value is -2.53. The molecule has 0 heterocycles. The molecule has 5 nitrogen and oxygen atoms in total. The lowest BCUT2D eigenvalue weighted by atomic mass is 10.1.